The molecule has 4 heteroatoms. The number of rotatable bonds is 5. The molecule has 20 heavy (non-hydrogen) atoms. The van der Waals surface area contributed by atoms with Crippen LogP contribution in [0.3, 0.4) is 0 Å². The second kappa shape index (κ2) is 6.69. The molecule has 0 bridgehead atoms. The number of nitriles is 1. The van der Waals surface area contributed by atoms with Gasteiger partial charge in [0.15, 0.2) is 0 Å². The Morgan fingerprint density at radius 3 is 2.70 bits per heavy atom. The van der Waals surface area contributed by atoms with E-state index in [-0.39, 0.29) is 0 Å². The number of nitrogens with one attached hydrogen (secondary N) is 1. The Kier molecular flexibility index (Phi) is 4.70. The number of methoxy groups -OCH3 is 1. The molecule has 0 aliphatic rings. The van der Waals surface area contributed by atoms with Gasteiger partial charge in [-0.1, -0.05) is 30.3 Å². The molecule has 0 saturated heterocycles. The van der Waals surface area contributed by atoms with E-state index in [1.807, 2.05) is 43.3 Å². The number of benzene rings is 1. The molecule has 102 valence electrons. The summed E-state index contributed by atoms with van der Waals surface area (Å²) < 4.78 is 5.00. The Morgan fingerprint density at radius 1 is 1.30 bits per heavy atom. The Balaban J connectivity index is 2.39. The summed E-state index contributed by atoms with van der Waals surface area (Å²) in [4.78, 5) is 4.60. The molecule has 0 radical (unpaired) electrons. The summed E-state index contributed by atoms with van der Waals surface area (Å²) in [7, 11) is 1.64. The molecule has 0 aliphatic heterocycles. The van der Waals surface area contributed by atoms with Crippen molar-refractivity contribution in [3.63, 3.8) is 0 Å². The van der Waals surface area contributed by atoms with Gasteiger partial charge in [-0.05, 0) is 18.6 Å². The lowest BCUT2D eigenvalue weighted by molar-refractivity contribution is 0.210. The van der Waals surface area contributed by atoms with Crippen LogP contribution in [0.4, 0.5) is 5.82 Å². The minimum absolute atomic E-state index is 0.554. The minimum atomic E-state index is 0.554. The highest BCUT2D eigenvalue weighted by Gasteiger charge is 2.10. The van der Waals surface area contributed by atoms with Crippen LogP contribution >= 0.6 is 0 Å². The molecule has 1 heterocycles. The Hall–Kier alpha value is -2.38. The van der Waals surface area contributed by atoms with Crippen LogP contribution in [-0.4, -0.2) is 25.2 Å². The van der Waals surface area contributed by atoms with Crippen LogP contribution in [0.5, 0.6) is 0 Å². The van der Waals surface area contributed by atoms with E-state index in [1.165, 1.54) is 0 Å². The molecule has 2 rings (SSSR count). The standard InChI is InChI=1S/C16H17N3O/c1-12-10-14(11-17)16(18-8-9-20-2)19-15(12)13-6-4-3-5-7-13/h3-7,10H,8-9H2,1-2H3,(H,18,19). The van der Waals surface area contributed by atoms with Crippen molar-refractivity contribution in [2.45, 2.75) is 6.92 Å². The zero-order chi connectivity index (χ0) is 14.4. The third kappa shape index (κ3) is 3.14. The van der Waals surface area contributed by atoms with Crippen molar-refractivity contribution >= 4 is 5.82 Å². The number of anilines is 1. The number of hydrogen-bond donors (Lipinski definition) is 1. The highest BCUT2D eigenvalue weighted by atomic mass is 16.5. The first kappa shape index (κ1) is 14.0. The van der Waals surface area contributed by atoms with Crippen molar-refractivity contribution < 1.29 is 4.74 Å². The van der Waals surface area contributed by atoms with Gasteiger partial charge in [0.05, 0.1) is 17.9 Å². The molecule has 1 aromatic heterocycles. The molecule has 0 fully saturated rings. The van der Waals surface area contributed by atoms with Crippen LogP contribution < -0.4 is 5.32 Å². The number of aryl methyl sites for hydroxylation is 1. The summed E-state index contributed by atoms with van der Waals surface area (Å²) >= 11 is 0. The fourth-order valence-corrected chi connectivity index (χ4v) is 1.99. The van der Waals surface area contributed by atoms with Crippen molar-refractivity contribution in [2.24, 2.45) is 0 Å². The van der Waals surface area contributed by atoms with E-state index in [1.54, 1.807) is 7.11 Å². The maximum absolute atomic E-state index is 9.20. The van der Waals surface area contributed by atoms with Gasteiger partial charge in [0, 0.05) is 19.2 Å². The second-order valence-electron chi connectivity index (χ2n) is 4.45. The van der Waals surface area contributed by atoms with Gasteiger partial charge >= 0.3 is 0 Å². The zero-order valence-corrected chi connectivity index (χ0v) is 11.7. The van der Waals surface area contributed by atoms with Gasteiger partial charge < -0.3 is 10.1 Å². The molecule has 4 nitrogen and oxygen atoms in total. The molecule has 0 atom stereocenters. The maximum Gasteiger partial charge on any atom is 0.144 e. The third-order valence-corrected chi connectivity index (χ3v) is 2.98. The molecular formula is C16H17N3O. The molecule has 0 unspecified atom stereocenters. The van der Waals surface area contributed by atoms with E-state index in [2.05, 4.69) is 16.4 Å². The average Bonchev–Trinajstić information content (AvgIpc) is 2.49. The van der Waals surface area contributed by atoms with Crippen molar-refractivity contribution in [1.29, 1.82) is 5.26 Å². The quantitative estimate of drug-likeness (QED) is 0.846. The summed E-state index contributed by atoms with van der Waals surface area (Å²) in [6, 6.07) is 14.0. The fraction of sp³-hybridized carbons (Fsp3) is 0.250. The minimum Gasteiger partial charge on any atom is -0.383 e. The van der Waals surface area contributed by atoms with Crippen LogP contribution in [0.25, 0.3) is 11.3 Å². The SMILES string of the molecule is COCCNc1nc(-c2ccccc2)c(C)cc1C#N. The van der Waals surface area contributed by atoms with Crippen molar-refractivity contribution in [3.05, 3.63) is 47.5 Å². The molecule has 2 aromatic rings. The smallest absolute Gasteiger partial charge is 0.144 e. The monoisotopic (exact) mass is 267 g/mol. The summed E-state index contributed by atoms with van der Waals surface area (Å²) in [6.07, 6.45) is 0. The maximum atomic E-state index is 9.20. The number of nitrogens with zero attached hydrogens (tertiary/aromatic N) is 2. The highest BCUT2D eigenvalue weighted by molar-refractivity contribution is 5.68. The van der Waals surface area contributed by atoms with Crippen LogP contribution in [0, 0.1) is 18.3 Å². The van der Waals surface area contributed by atoms with Gasteiger partial charge in [0.2, 0.25) is 0 Å². The number of ether oxygens (including phenoxy) is 1. The number of hydrogen-bond acceptors (Lipinski definition) is 4. The largest absolute Gasteiger partial charge is 0.383 e. The lowest BCUT2D eigenvalue weighted by Crippen LogP contribution is -2.11. The fourth-order valence-electron chi connectivity index (χ4n) is 1.99. The topological polar surface area (TPSA) is 57.9 Å². The van der Waals surface area contributed by atoms with Gasteiger partial charge in [-0.15, -0.1) is 0 Å². The average molecular weight is 267 g/mol. The lowest BCUT2D eigenvalue weighted by atomic mass is 10.0. The summed E-state index contributed by atoms with van der Waals surface area (Å²) in [6.45, 7) is 3.16. The first-order chi connectivity index (χ1) is 9.76. The molecule has 0 aliphatic carbocycles. The molecular weight excluding hydrogens is 250 g/mol. The van der Waals surface area contributed by atoms with Crippen LogP contribution in [0.1, 0.15) is 11.1 Å². The number of aromatic nitrogens is 1. The predicted molar refractivity (Wildman–Crippen MR) is 79.5 cm³/mol. The summed E-state index contributed by atoms with van der Waals surface area (Å²) in [5.74, 6) is 0.606. The lowest BCUT2D eigenvalue weighted by Gasteiger charge is -2.11. The van der Waals surface area contributed by atoms with E-state index >= 15 is 0 Å². The Morgan fingerprint density at radius 2 is 2.05 bits per heavy atom. The van der Waals surface area contributed by atoms with Crippen molar-refractivity contribution in [2.75, 3.05) is 25.6 Å². The number of pyridine rings is 1. The zero-order valence-electron chi connectivity index (χ0n) is 11.7. The first-order valence-corrected chi connectivity index (χ1v) is 6.46. The molecule has 0 saturated carbocycles. The summed E-state index contributed by atoms with van der Waals surface area (Å²) in [5.41, 5.74) is 3.48. The van der Waals surface area contributed by atoms with Crippen LogP contribution in [0.2, 0.25) is 0 Å². The van der Waals surface area contributed by atoms with E-state index < -0.39 is 0 Å². The molecule has 1 N–H and O–H groups in total. The highest BCUT2D eigenvalue weighted by Crippen LogP contribution is 2.25. The summed E-state index contributed by atoms with van der Waals surface area (Å²) in [5, 5.41) is 12.3. The van der Waals surface area contributed by atoms with Crippen LogP contribution in [-0.2, 0) is 4.74 Å². The van der Waals surface area contributed by atoms with Crippen molar-refractivity contribution in [3.8, 4) is 17.3 Å². The molecule has 1 aromatic carbocycles. The van der Waals surface area contributed by atoms with E-state index in [9.17, 15) is 5.26 Å². The Bertz CT molecular complexity index is 618. The van der Waals surface area contributed by atoms with Gasteiger partial charge in [-0.25, -0.2) is 4.98 Å². The van der Waals surface area contributed by atoms with Crippen molar-refractivity contribution in [1.82, 2.24) is 4.98 Å². The van der Waals surface area contributed by atoms with E-state index in [0.29, 0.717) is 24.5 Å². The van der Waals surface area contributed by atoms with Gasteiger partial charge in [0.1, 0.15) is 11.9 Å². The van der Waals surface area contributed by atoms with E-state index in [4.69, 9.17) is 4.74 Å². The molecule has 0 spiro atoms. The molecule has 0 amide bonds. The second-order valence-corrected chi connectivity index (χ2v) is 4.45. The normalized spacial score (nSPS) is 10.1. The third-order valence-electron chi connectivity index (χ3n) is 2.98. The van der Waals surface area contributed by atoms with Gasteiger partial charge in [-0.2, -0.15) is 5.26 Å². The van der Waals surface area contributed by atoms with Gasteiger partial charge in [-0.3, -0.25) is 0 Å². The van der Waals surface area contributed by atoms with Crippen LogP contribution in [0.15, 0.2) is 36.4 Å². The van der Waals surface area contributed by atoms with Gasteiger partial charge in [0.25, 0.3) is 0 Å². The van der Waals surface area contributed by atoms with E-state index in [0.717, 1.165) is 16.8 Å². The predicted octanol–water partition coefficient (Wildman–Crippen LogP) is 2.99. The first-order valence-electron chi connectivity index (χ1n) is 6.46. The Labute approximate surface area is 119 Å².